The molecule has 1 fully saturated rings. The highest BCUT2D eigenvalue weighted by atomic mass is 79.9. The molecule has 5 nitrogen and oxygen atoms in total. The first-order valence-electron chi connectivity index (χ1n) is 6.90. The summed E-state index contributed by atoms with van der Waals surface area (Å²) in [7, 11) is 1.61. The SMILES string of the molecule is CN(CCC(=O)O)C(=O)NCC1(c2ccccc2Br)CC1. The number of nitrogens with one attached hydrogen (secondary N) is 1. The van der Waals surface area contributed by atoms with Gasteiger partial charge in [-0.2, -0.15) is 0 Å². The number of urea groups is 1. The molecule has 1 saturated carbocycles. The van der Waals surface area contributed by atoms with E-state index in [4.69, 9.17) is 5.11 Å². The van der Waals surface area contributed by atoms with Crippen molar-refractivity contribution in [2.45, 2.75) is 24.7 Å². The summed E-state index contributed by atoms with van der Waals surface area (Å²) in [6.07, 6.45) is 2.06. The topological polar surface area (TPSA) is 69.6 Å². The van der Waals surface area contributed by atoms with Gasteiger partial charge in [-0.25, -0.2) is 4.79 Å². The number of halogens is 1. The van der Waals surface area contributed by atoms with E-state index in [1.165, 1.54) is 10.5 Å². The van der Waals surface area contributed by atoms with E-state index < -0.39 is 5.97 Å². The molecule has 0 saturated heterocycles. The molecule has 1 aliphatic carbocycles. The number of hydrogen-bond acceptors (Lipinski definition) is 2. The molecule has 114 valence electrons. The molecule has 1 aliphatic rings. The zero-order valence-corrected chi connectivity index (χ0v) is 13.5. The van der Waals surface area contributed by atoms with Crippen molar-refractivity contribution < 1.29 is 14.7 Å². The molecule has 1 aromatic rings. The molecule has 0 unspecified atom stereocenters. The second kappa shape index (κ2) is 6.47. The summed E-state index contributed by atoms with van der Waals surface area (Å²) in [5.74, 6) is -0.901. The zero-order chi connectivity index (χ0) is 15.5. The number of benzene rings is 1. The third-order valence-corrected chi connectivity index (χ3v) is 4.58. The Morgan fingerprint density at radius 3 is 2.62 bits per heavy atom. The molecule has 1 aromatic carbocycles. The van der Waals surface area contributed by atoms with E-state index in [1.807, 2.05) is 18.2 Å². The van der Waals surface area contributed by atoms with Crippen LogP contribution in [-0.2, 0) is 10.2 Å². The standard InChI is InChI=1S/C15H19BrN2O3/c1-18(9-6-13(19)20)14(21)17-10-15(7-8-15)11-4-2-3-5-12(11)16/h2-5H,6-10H2,1H3,(H,17,21)(H,19,20). The van der Waals surface area contributed by atoms with Crippen molar-refractivity contribution in [1.29, 1.82) is 0 Å². The highest BCUT2D eigenvalue weighted by molar-refractivity contribution is 9.10. The minimum Gasteiger partial charge on any atom is -0.481 e. The lowest BCUT2D eigenvalue weighted by atomic mass is 9.96. The van der Waals surface area contributed by atoms with Crippen molar-refractivity contribution in [2.75, 3.05) is 20.1 Å². The van der Waals surface area contributed by atoms with Crippen molar-refractivity contribution in [1.82, 2.24) is 10.2 Å². The molecule has 2 N–H and O–H groups in total. The van der Waals surface area contributed by atoms with Crippen molar-refractivity contribution in [2.24, 2.45) is 0 Å². The number of carbonyl (C=O) groups excluding carboxylic acids is 1. The van der Waals surface area contributed by atoms with Gasteiger partial charge in [0.05, 0.1) is 6.42 Å². The fourth-order valence-corrected chi connectivity index (χ4v) is 3.03. The van der Waals surface area contributed by atoms with E-state index in [0.29, 0.717) is 6.54 Å². The van der Waals surface area contributed by atoms with Crippen LogP contribution in [0.2, 0.25) is 0 Å². The average Bonchev–Trinajstić information content (AvgIpc) is 3.23. The van der Waals surface area contributed by atoms with Crippen molar-refractivity contribution in [3.05, 3.63) is 34.3 Å². The summed E-state index contributed by atoms with van der Waals surface area (Å²) in [5.41, 5.74) is 1.24. The number of amides is 2. The summed E-state index contributed by atoms with van der Waals surface area (Å²) in [4.78, 5) is 23.9. The van der Waals surface area contributed by atoms with Gasteiger partial charge in [0.15, 0.2) is 0 Å². The third kappa shape index (κ3) is 3.97. The molecule has 0 aliphatic heterocycles. The number of carboxylic acids is 1. The van der Waals surface area contributed by atoms with Crippen LogP contribution in [0.15, 0.2) is 28.7 Å². The fourth-order valence-electron chi connectivity index (χ4n) is 2.33. The van der Waals surface area contributed by atoms with Gasteiger partial charge in [0, 0.05) is 30.0 Å². The summed E-state index contributed by atoms with van der Waals surface area (Å²) in [6.45, 7) is 0.787. The summed E-state index contributed by atoms with van der Waals surface area (Å²) < 4.78 is 1.07. The van der Waals surface area contributed by atoms with E-state index in [0.717, 1.165) is 17.3 Å². The normalized spacial score (nSPS) is 15.3. The number of nitrogens with zero attached hydrogens (tertiary/aromatic N) is 1. The molecule has 2 amide bonds. The second-order valence-electron chi connectivity index (χ2n) is 5.48. The Bertz CT molecular complexity index is 543. The first-order valence-corrected chi connectivity index (χ1v) is 7.70. The van der Waals surface area contributed by atoms with E-state index >= 15 is 0 Å². The lowest BCUT2D eigenvalue weighted by Crippen LogP contribution is -2.41. The summed E-state index contributed by atoms with van der Waals surface area (Å²) in [5, 5.41) is 11.5. The molecular weight excluding hydrogens is 336 g/mol. The van der Waals surface area contributed by atoms with Gasteiger partial charge in [-0.15, -0.1) is 0 Å². The average molecular weight is 355 g/mol. The number of rotatable bonds is 6. The van der Waals surface area contributed by atoms with E-state index in [2.05, 4.69) is 27.3 Å². The molecule has 0 heterocycles. The van der Waals surface area contributed by atoms with Crippen LogP contribution < -0.4 is 5.32 Å². The number of aliphatic carboxylic acids is 1. The lowest BCUT2D eigenvalue weighted by molar-refractivity contribution is -0.137. The minimum absolute atomic E-state index is 0.0173. The van der Waals surface area contributed by atoms with E-state index in [-0.39, 0.29) is 24.4 Å². The highest BCUT2D eigenvalue weighted by Crippen LogP contribution is 2.49. The van der Waals surface area contributed by atoms with Crippen LogP contribution >= 0.6 is 15.9 Å². The fraction of sp³-hybridized carbons (Fsp3) is 0.467. The van der Waals surface area contributed by atoms with Crippen LogP contribution in [0.5, 0.6) is 0 Å². The molecule has 0 spiro atoms. The Morgan fingerprint density at radius 2 is 2.05 bits per heavy atom. The van der Waals surface area contributed by atoms with Gasteiger partial charge in [-0.1, -0.05) is 34.1 Å². The first kappa shape index (κ1) is 15.8. The molecular formula is C15H19BrN2O3. The largest absolute Gasteiger partial charge is 0.481 e. The van der Waals surface area contributed by atoms with Gasteiger partial charge in [0.2, 0.25) is 0 Å². The van der Waals surface area contributed by atoms with Gasteiger partial charge < -0.3 is 15.3 Å². The van der Waals surface area contributed by atoms with Crippen molar-refractivity contribution >= 4 is 27.9 Å². The second-order valence-corrected chi connectivity index (χ2v) is 6.34. The Hall–Kier alpha value is -1.56. The molecule has 0 bridgehead atoms. The van der Waals surface area contributed by atoms with Crippen LogP contribution in [0, 0.1) is 0 Å². The Labute approximate surface area is 132 Å². The summed E-state index contributed by atoms with van der Waals surface area (Å²) >= 11 is 3.56. The number of hydrogen-bond donors (Lipinski definition) is 2. The molecule has 2 rings (SSSR count). The van der Waals surface area contributed by atoms with Gasteiger partial charge in [0.1, 0.15) is 0 Å². The Kier molecular flexibility index (Phi) is 4.88. The van der Waals surface area contributed by atoms with Gasteiger partial charge in [0.25, 0.3) is 0 Å². The van der Waals surface area contributed by atoms with Gasteiger partial charge >= 0.3 is 12.0 Å². The van der Waals surface area contributed by atoms with E-state index in [9.17, 15) is 9.59 Å². The quantitative estimate of drug-likeness (QED) is 0.824. The Morgan fingerprint density at radius 1 is 1.38 bits per heavy atom. The van der Waals surface area contributed by atoms with Crippen LogP contribution in [0.4, 0.5) is 4.79 Å². The van der Waals surface area contributed by atoms with Crippen LogP contribution in [-0.4, -0.2) is 42.1 Å². The maximum Gasteiger partial charge on any atom is 0.317 e. The zero-order valence-electron chi connectivity index (χ0n) is 11.9. The van der Waals surface area contributed by atoms with Gasteiger partial charge in [-0.3, -0.25) is 4.79 Å². The molecule has 0 atom stereocenters. The minimum atomic E-state index is -0.901. The van der Waals surface area contributed by atoms with Crippen molar-refractivity contribution in [3.8, 4) is 0 Å². The highest BCUT2D eigenvalue weighted by Gasteiger charge is 2.45. The predicted octanol–water partition coefficient (Wildman–Crippen LogP) is 2.60. The summed E-state index contributed by atoms with van der Waals surface area (Å²) in [6, 6.07) is 7.84. The molecule has 0 aromatic heterocycles. The van der Waals surface area contributed by atoms with Crippen LogP contribution in [0.1, 0.15) is 24.8 Å². The maximum absolute atomic E-state index is 12.0. The monoisotopic (exact) mass is 354 g/mol. The third-order valence-electron chi connectivity index (χ3n) is 3.88. The maximum atomic E-state index is 12.0. The van der Waals surface area contributed by atoms with Crippen molar-refractivity contribution in [3.63, 3.8) is 0 Å². The molecule has 6 heteroatoms. The van der Waals surface area contributed by atoms with Crippen LogP contribution in [0.3, 0.4) is 0 Å². The van der Waals surface area contributed by atoms with Crippen LogP contribution in [0.25, 0.3) is 0 Å². The number of carbonyl (C=O) groups is 2. The predicted molar refractivity (Wildman–Crippen MR) is 83.3 cm³/mol. The van der Waals surface area contributed by atoms with Gasteiger partial charge in [-0.05, 0) is 24.5 Å². The first-order chi connectivity index (χ1) is 9.94. The molecule has 0 radical (unpaired) electrons. The number of carboxylic acid groups (broad SMARTS) is 1. The smallest absolute Gasteiger partial charge is 0.317 e. The van der Waals surface area contributed by atoms with E-state index in [1.54, 1.807) is 7.05 Å². The Balaban J connectivity index is 1.89. The molecule has 21 heavy (non-hydrogen) atoms. The lowest BCUT2D eigenvalue weighted by Gasteiger charge is -2.21.